The van der Waals surface area contributed by atoms with Crippen LogP contribution < -0.4 is 0 Å². The Balaban J connectivity index is 2.37. The monoisotopic (exact) mass is 197 g/mol. The molecule has 0 radical (unpaired) electrons. The third-order valence-corrected chi connectivity index (χ3v) is 3.24. The van der Waals surface area contributed by atoms with E-state index in [4.69, 9.17) is 6.42 Å². The lowest BCUT2D eigenvalue weighted by atomic mass is 10.0. The molecule has 1 aliphatic carbocycles. The molecule has 0 aliphatic heterocycles. The van der Waals surface area contributed by atoms with Gasteiger partial charge in [0, 0.05) is 13.5 Å². The maximum Gasteiger partial charge on any atom is 0.223 e. The number of carbonyl (C=O) groups excluding carboxylic acids is 1. The first-order valence-electron chi connectivity index (χ1n) is 4.42. The number of hydrogen-bond donors (Lipinski definition) is 1. The SMILES string of the molecule is C#CCN(C)C(=O)CC1(CS)CC1. The van der Waals surface area contributed by atoms with Crippen LogP contribution in [0.3, 0.4) is 0 Å². The third-order valence-electron chi connectivity index (χ3n) is 2.57. The lowest BCUT2D eigenvalue weighted by Crippen LogP contribution is -2.29. The van der Waals surface area contributed by atoms with Gasteiger partial charge in [-0.15, -0.1) is 6.42 Å². The van der Waals surface area contributed by atoms with Crippen molar-refractivity contribution in [3.63, 3.8) is 0 Å². The molecule has 1 rings (SSSR count). The van der Waals surface area contributed by atoms with E-state index in [1.54, 1.807) is 11.9 Å². The molecule has 3 heteroatoms. The van der Waals surface area contributed by atoms with E-state index >= 15 is 0 Å². The normalized spacial score (nSPS) is 17.6. The van der Waals surface area contributed by atoms with Gasteiger partial charge in [-0.2, -0.15) is 12.6 Å². The molecule has 0 bridgehead atoms. The summed E-state index contributed by atoms with van der Waals surface area (Å²) in [7, 11) is 1.75. The Kier molecular flexibility index (Phi) is 3.27. The van der Waals surface area contributed by atoms with Crippen molar-refractivity contribution in [2.75, 3.05) is 19.3 Å². The quantitative estimate of drug-likeness (QED) is 0.530. The van der Waals surface area contributed by atoms with E-state index in [0.717, 1.165) is 18.6 Å². The van der Waals surface area contributed by atoms with Gasteiger partial charge in [0.15, 0.2) is 0 Å². The average Bonchev–Trinajstić information content (AvgIpc) is 2.86. The molecule has 0 aromatic heterocycles. The van der Waals surface area contributed by atoms with Gasteiger partial charge in [0.05, 0.1) is 6.54 Å². The summed E-state index contributed by atoms with van der Waals surface area (Å²) in [4.78, 5) is 13.1. The van der Waals surface area contributed by atoms with Crippen LogP contribution in [0.5, 0.6) is 0 Å². The molecule has 1 fully saturated rings. The fourth-order valence-electron chi connectivity index (χ4n) is 1.25. The summed E-state index contributed by atoms with van der Waals surface area (Å²) >= 11 is 4.25. The van der Waals surface area contributed by atoms with Crippen LogP contribution in [0.15, 0.2) is 0 Å². The van der Waals surface area contributed by atoms with E-state index in [1.807, 2.05) is 0 Å². The molecule has 0 aromatic carbocycles. The second-order valence-electron chi connectivity index (χ2n) is 3.79. The van der Waals surface area contributed by atoms with Gasteiger partial charge in [-0.25, -0.2) is 0 Å². The molecule has 2 nitrogen and oxygen atoms in total. The van der Waals surface area contributed by atoms with Crippen molar-refractivity contribution in [2.45, 2.75) is 19.3 Å². The summed E-state index contributed by atoms with van der Waals surface area (Å²) in [6.45, 7) is 0.404. The molecule has 72 valence electrons. The molecule has 0 atom stereocenters. The van der Waals surface area contributed by atoms with Crippen LogP contribution in [0.25, 0.3) is 0 Å². The van der Waals surface area contributed by atoms with Crippen LogP contribution in [0.2, 0.25) is 0 Å². The van der Waals surface area contributed by atoms with Crippen LogP contribution in [0, 0.1) is 17.8 Å². The molecule has 13 heavy (non-hydrogen) atoms. The molecule has 1 saturated carbocycles. The van der Waals surface area contributed by atoms with Crippen molar-refractivity contribution in [2.24, 2.45) is 5.41 Å². The Morgan fingerprint density at radius 3 is 2.69 bits per heavy atom. The first kappa shape index (κ1) is 10.5. The number of amides is 1. The van der Waals surface area contributed by atoms with Crippen molar-refractivity contribution < 1.29 is 4.79 Å². The van der Waals surface area contributed by atoms with Crippen molar-refractivity contribution in [1.82, 2.24) is 4.90 Å². The number of terminal acetylenes is 1. The van der Waals surface area contributed by atoms with Gasteiger partial charge in [0.1, 0.15) is 0 Å². The predicted octanol–water partition coefficient (Wildman–Crippen LogP) is 1.18. The molecular weight excluding hydrogens is 182 g/mol. The highest BCUT2D eigenvalue weighted by Crippen LogP contribution is 2.49. The van der Waals surface area contributed by atoms with E-state index in [1.165, 1.54) is 0 Å². The van der Waals surface area contributed by atoms with Crippen LogP contribution in [-0.2, 0) is 4.79 Å². The average molecular weight is 197 g/mol. The lowest BCUT2D eigenvalue weighted by Gasteiger charge is -2.17. The predicted molar refractivity (Wildman–Crippen MR) is 56.6 cm³/mol. The molecule has 1 aliphatic rings. The standard InChI is InChI=1S/C10H15NOS/c1-3-6-11(2)9(12)7-10(8-13)4-5-10/h1,13H,4-8H2,2H3. The third kappa shape index (κ3) is 2.67. The lowest BCUT2D eigenvalue weighted by molar-refractivity contribution is -0.130. The zero-order chi connectivity index (χ0) is 9.90. The molecule has 0 N–H and O–H groups in total. The van der Waals surface area contributed by atoms with Crippen LogP contribution >= 0.6 is 12.6 Å². The number of hydrogen-bond acceptors (Lipinski definition) is 2. The van der Waals surface area contributed by atoms with E-state index in [9.17, 15) is 4.79 Å². The van der Waals surface area contributed by atoms with Gasteiger partial charge in [-0.1, -0.05) is 5.92 Å². The molecule has 0 aromatic rings. The maximum atomic E-state index is 11.5. The molecule has 1 amide bonds. The van der Waals surface area contributed by atoms with Gasteiger partial charge in [0.2, 0.25) is 5.91 Å². The van der Waals surface area contributed by atoms with Crippen LogP contribution in [0.4, 0.5) is 0 Å². The summed E-state index contributed by atoms with van der Waals surface area (Å²) in [5, 5.41) is 0. The fourth-order valence-corrected chi connectivity index (χ4v) is 1.68. The summed E-state index contributed by atoms with van der Waals surface area (Å²) in [6, 6.07) is 0. The van der Waals surface area contributed by atoms with Crippen molar-refractivity contribution in [3.05, 3.63) is 0 Å². The van der Waals surface area contributed by atoms with E-state index in [2.05, 4.69) is 18.5 Å². The molecular formula is C10H15NOS. The van der Waals surface area contributed by atoms with Gasteiger partial charge >= 0.3 is 0 Å². The molecule has 0 heterocycles. The summed E-state index contributed by atoms with van der Waals surface area (Å²) in [6.07, 6.45) is 7.99. The summed E-state index contributed by atoms with van der Waals surface area (Å²) in [5.74, 6) is 3.41. The minimum Gasteiger partial charge on any atom is -0.335 e. The number of carbonyl (C=O) groups is 1. The molecule has 0 spiro atoms. The zero-order valence-electron chi connectivity index (χ0n) is 7.92. The van der Waals surface area contributed by atoms with E-state index < -0.39 is 0 Å². The topological polar surface area (TPSA) is 20.3 Å². The second-order valence-corrected chi connectivity index (χ2v) is 4.11. The van der Waals surface area contributed by atoms with Crippen LogP contribution in [0.1, 0.15) is 19.3 Å². The largest absolute Gasteiger partial charge is 0.335 e. The van der Waals surface area contributed by atoms with Gasteiger partial charge in [-0.3, -0.25) is 4.79 Å². The van der Waals surface area contributed by atoms with E-state index in [0.29, 0.717) is 13.0 Å². The fraction of sp³-hybridized carbons (Fsp3) is 0.700. The van der Waals surface area contributed by atoms with Gasteiger partial charge < -0.3 is 4.90 Å². The maximum absolute atomic E-state index is 11.5. The Morgan fingerprint density at radius 1 is 1.69 bits per heavy atom. The molecule has 0 unspecified atom stereocenters. The van der Waals surface area contributed by atoms with Crippen molar-refractivity contribution in [3.8, 4) is 12.3 Å². The highest BCUT2D eigenvalue weighted by atomic mass is 32.1. The van der Waals surface area contributed by atoms with E-state index in [-0.39, 0.29) is 11.3 Å². The summed E-state index contributed by atoms with van der Waals surface area (Å²) in [5.41, 5.74) is 0.197. The van der Waals surface area contributed by atoms with Crippen molar-refractivity contribution in [1.29, 1.82) is 0 Å². The highest BCUT2D eigenvalue weighted by Gasteiger charge is 2.43. The second kappa shape index (κ2) is 4.06. The van der Waals surface area contributed by atoms with Gasteiger partial charge in [0.25, 0.3) is 0 Å². The Hall–Kier alpha value is -0.620. The zero-order valence-corrected chi connectivity index (χ0v) is 8.81. The Labute approximate surface area is 85.1 Å². The Bertz CT molecular complexity index is 240. The number of nitrogens with zero attached hydrogens (tertiary/aromatic N) is 1. The Morgan fingerprint density at radius 2 is 2.31 bits per heavy atom. The first-order valence-corrected chi connectivity index (χ1v) is 5.05. The minimum absolute atomic E-state index is 0.143. The first-order chi connectivity index (χ1) is 6.13. The minimum atomic E-state index is 0.143. The molecule has 0 saturated heterocycles. The van der Waals surface area contributed by atoms with Crippen LogP contribution in [-0.4, -0.2) is 30.2 Å². The highest BCUT2D eigenvalue weighted by molar-refractivity contribution is 7.80. The number of rotatable bonds is 4. The van der Waals surface area contributed by atoms with Gasteiger partial charge in [-0.05, 0) is 24.0 Å². The number of thiol groups is 1. The smallest absolute Gasteiger partial charge is 0.223 e. The van der Waals surface area contributed by atoms with Crippen molar-refractivity contribution >= 4 is 18.5 Å². The summed E-state index contributed by atoms with van der Waals surface area (Å²) < 4.78 is 0.